The van der Waals surface area contributed by atoms with Crippen molar-refractivity contribution in [2.75, 3.05) is 29.5 Å². The van der Waals surface area contributed by atoms with E-state index in [-0.39, 0.29) is 39.9 Å². The van der Waals surface area contributed by atoms with Crippen molar-refractivity contribution in [3.05, 3.63) is 46.5 Å². The van der Waals surface area contributed by atoms with Crippen molar-refractivity contribution in [3.8, 4) is 0 Å². The minimum absolute atomic E-state index is 0.0757. The maximum atomic E-state index is 14.2. The van der Waals surface area contributed by atoms with Crippen molar-refractivity contribution in [1.29, 1.82) is 0 Å². The maximum Gasteiger partial charge on any atom is 0.278 e. The summed E-state index contributed by atoms with van der Waals surface area (Å²) in [5, 5.41) is 2.96. The van der Waals surface area contributed by atoms with E-state index in [9.17, 15) is 17.6 Å². The van der Waals surface area contributed by atoms with Gasteiger partial charge >= 0.3 is 0 Å². The molecule has 1 heterocycles. The first-order valence-electron chi connectivity index (χ1n) is 8.13. The Labute approximate surface area is 167 Å². The van der Waals surface area contributed by atoms with Crippen LogP contribution in [0.25, 0.3) is 0 Å². The van der Waals surface area contributed by atoms with Gasteiger partial charge in [-0.25, -0.2) is 23.3 Å². The third-order valence-electron chi connectivity index (χ3n) is 3.81. The Bertz CT molecular complexity index is 1000. The average Bonchev–Trinajstić information content (AvgIpc) is 2.61. The number of aryl methyl sites for hydroxylation is 1. The van der Waals surface area contributed by atoms with Gasteiger partial charge in [0.25, 0.3) is 5.91 Å². The molecule has 0 fully saturated rings. The van der Waals surface area contributed by atoms with Gasteiger partial charge in [-0.1, -0.05) is 11.6 Å². The van der Waals surface area contributed by atoms with E-state index in [1.165, 1.54) is 32.3 Å². The van der Waals surface area contributed by atoms with E-state index >= 15 is 0 Å². The molecule has 0 saturated carbocycles. The SMILES string of the molecule is CCONC(=O)c1cnc(Cl)cc1Nc1cc(F)c(C)cc1N(C)S(C)(=O)=O. The molecule has 0 spiro atoms. The summed E-state index contributed by atoms with van der Waals surface area (Å²) in [5.74, 6) is -1.15. The van der Waals surface area contributed by atoms with Crippen molar-refractivity contribution < 1.29 is 22.4 Å². The summed E-state index contributed by atoms with van der Waals surface area (Å²) in [6.07, 6.45) is 2.25. The number of aromatic nitrogens is 1. The van der Waals surface area contributed by atoms with Gasteiger partial charge < -0.3 is 5.32 Å². The van der Waals surface area contributed by atoms with E-state index < -0.39 is 21.7 Å². The highest BCUT2D eigenvalue weighted by Crippen LogP contribution is 2.33. The zero-order chi connectivity index (χ0) is 21.1. The predicted molar refractivity (Wildman–Crippen MR) is 106 cm³/mol. The van der Waals surface area contributed by atoms with E-state index in [1.807, 2.05) is 0 Å². The molecule has 1 aromatic carbocycles. The van der Waals surface area contributed by atoms with Crippen molar-refractivity contribution >= 4 is 44.6 Å². The van der Waals surface area contributed by atoms with Crippen LogP contribution < -0.4 is 15.1 Å². The van der Waals surface area contributed by atoms with Gasteiger partial charge in [0.2, 0.25) is 10.0 Å². The number of halogens is 2. The van der Waals surface area contributed by atoms with Gasteiger partial charge in [-0.05, 0) is 37.6 Å². The lowest BCUT2D eigenvalue weighted by molar-refractivity contribution is 0.0365. The van der Waals surface area contributed by atoms with Gasteiger partial charge in [0.15, 0.2) is 0 Å². The number of rotatable bonds is 7. The van der Waals surface area contributed by atoms with Crippen LogP contribution in [0.4, 0.5) is 21.5 Å². The van der Waals surface area contributed by atoms with Gasteiger partial charge in [0.05, 0.1) is 35.5 Å². The minimum atomic E-state index is -3.61. The number of nitrogens with zero attached hydrogens (tertiary/aromatic N) is 2. The molecule has 11 heteroatoms. The predicted octanol–water partition coefficient (Wildman–Crippen LogP) is 3.00. The molecule has 2 aromatic rings. The van der Waals surface area contributed by atoms with E-state index in [1.54, 1.807) is 6.92 Å². The van der Waals surface area contributed by atoms with Gasteiger partial charge in [0.1, 0.15) is 11.0 Å². The van der Waals surface area contributed by atoms with Gasteiger partial charge in [-0.2, -0.15) is 0 Å². The molecule has 0 aliphatic carbocycles. The number of hydrogen-bond donors (Lipinski definition) is 2. The van der Waals surface area contributed by atoms with Crippen molar-refractivity contribution in [2.24, 2.45) is 0 Å². The minimum Gasteiger partial charge on any atom is -0.353 e. The molecule has 0 aliphatic rings. The van der Waals surface area contributed by atoms with Crippen LogP contribution in [-0.2, 0) is 14.9 Å². The molecule has 0 bridgehead atoms. The zero-order valence-corrected chi connectivity index (χ0v) is 17.3. The Morgan fingerprint density at radius 1 is 1.32 bits per heavy atom. The molecule has 28 heavy (non-hydrogen) atoms. The molecule has 0 unspecified atom stereocenters. The Kier molecular flexibility index (Phi) is 6.81. The van der Waals surface area contributed by atoms with E-state index in [0.29, 0.717) is 0 Å². The first kappa shape index (κ1) is 21.9. The van der Waals surface area contributed by atoms with E-state index in [4.69, 9.17) is 16.4 Å². The number of hydrogen-bond acceptors (Lipinski definition) is 6. The van der Waals surface area contributed by atoms with E-state index in [2.05, 4.69) is 15.8 Å². The normalized spacial score (nSPS) is 11.2. The summed E-state index contributed by atoms with van der Waals surface area (Å²) < 4.78 is 39.1. The van der Waals surface area contributed by atoms with Crippen LogP contribution >= 0.6 is 11.6 Å². The third-order valence-corrected chi connectivity index (χ3v) is 5.21. The molecule has 0 saturated heterocycles. The van der Waals surface area contributed by atoms with Crippen molar-refractivity contribution in [2.45, 2.75) is 13.8 Å². The number of amides is 1. The highest BCUT2D eigenvalue weighted by molar-refractivity contribution is 7.92. The fourth-order valence-electron chi connectivity index (χ4n) is 2.26. The second-order valence-corrected chi connectivity index (χ2v) is 8.29. The first-order chi connectivity index (χ1) is 13.0. The molecule has 2 N–H and O–H groups in total. The Morgan fingerprint density at radius 3 is 2.61 bits per heavy atom. The average molecular weight is 431 g/mol. The first-order valence-corrected chi connectivity index (χ1v) is 10.4. The number of sulfonamides is 1. The topological polar surface area (TPSA) is 101 Å². The fourth-order valence-corrected chi connectivity index (χ4v) is 2.92. The van der Waals surface area contributed by atoms with Crippen LogP contribution in [0.3, 0.4) is 0 Å². The summed E-state index contributed by atoms with van der Waals surface area (Å²) in [6.45, 7) is 3.47. The molecule has 0 atom stereocenters. The second-order valence-electron chi connectivity index (χ2n) is 5.89. The standard InChI is InChI=1S/C17H20ClFN4O4S/c1-5-27-22-17(24)11-9-20-16(18)8-13(11)21-14-7-12(19)10(2)6-15(14)23(3)28(4,25)26/h6-9H,5H2,1-4H3,(H,20,21)(H,22,24). The molecule has 0 radical (unpaired) electrons. The van der Waals surface area contributed by atoms with Gasteiger partial charge in [-0.3, -0.25) is 13.9 Å². The largest absolute Gasteiger partial charge is 0.353 e. The highest BCUT2D eigenvalue weighted by Gasteiger charge is 2.20. The Balaban J connectivity index is 2.55. The van der Waals surface area contributed by atoms with E-state index in [0.717, 1.165) is 16.6 Å². The Morgan fingerprint density at radius 2 is 2.00 bits per heavy atom. The van der Waals surface area contributed by atoms with Gasteiger partial charge in [0, 0.05) is 13.2 Å². The second kappa shape index (κ2) is 8.72. The van der Waals surface area contributed by atoms with Crippen molar-refractivity contribution in [1.82, 2.24) is 10.5 Å². The number of nitrogens with one attached hydrogen (secondary N) is 2. The molecule has 0 aliphatic heterocycles. The lowest BCUT2D eigenvalue weighted by atomic mass is 10.1. The maximum absolute atomic E-state index is 14.2. The van der Waals surface area contributed by atoms with Gasteiger partial charge in [-0.15, -0.1) is 0 Å². The summed E-state index contributed by atoms with van der Waals surface area (Å²) >= 11 is 5.93. The number of benzene rings is 1. The lowest BCUT2D eigenvalue weighted by Crippen LogP contribution is -2.26. The number of pyridine rings is 1. The molecular weight excluding hydrogens is 411 g/mol. The molecule has 1 aromatic heterocycles. The van der Waals surface area contributed by atoms with Crippen LogP contribution in [0.2, 0.25) is 5.15 Å². The summed E-state index contributed by atoms with van der Waals surface area (Å²) in [4.78, 5) is 21.0. The number of hydroxylamine groups is 1. The van der Waals surface area contributed by atoms with Crippen LogP contribution in [0, 0.1) is 12.7 Å². The smallest absolute Gasteiger partial charge is 0.278 e. The molecule has 152 valence electrons. The Hall–Kier alpha value is -2.43. The summed E-state index contributed by atoms with van der Waals surface area (Å²) in [5.41, 5.74) is 3.10. The van der Waals surface area contributed by atoms with Crippen LogP contribution in [0.1, 0.15) is 22.8 Å². The highest BCUT2D eigenvalue weighted by atomic mass is 35.5. The summed E-state index contributed by atoms with van der Waals surface area (Å²) in [7, 11) is -2.27. The molecule has 2 rings (SSSR count). The summed E-state index contributed by atoms with van der Waals surface area (Å²) in [6, 6.07) is 3.90. The fraction of sp³-hybridized carbons (Fsp3) is 0.294. The van der Waals surface area contributed by atoms with Crippen molar-refractivity contribution in [3.63, 3.8) is 0 Å². The van der Waals surface area contributed by atoms with Crippen LogP contribution in [0.15, 0.2) is 24.4 Å². The quantitative estimate of drug-likeness (QED) is 0.517. The monoisotopic (exact) mass is 430 g/mol. The number of carbonyl (C=O) groups excluding carboxylic acids is 1. The number of anilines is 3. The number of carbonyl (C=O) groups is 1. The molecule has 1 amide bonds. The van der Waals surface area contributed by atoms with Crippen LogP contribution in [0.5, 0.6) is 0 Å². The van der Waals surface area contributed by atoms with Crippen LogP contribution in [-0.4, -0.2) is 39.2 Å². The third kappa shape index (κ3) is 5.09. The molecular formula is C17H20ClFN4O4S. The molecule has 8 nitrogen and oxygen atoms in total. The zero-order valence-electron chi connectivity index (χ0n) is 15.7. The lowest BCUT2D eigenvalue weighted by Gasteiger charge is -2.22.